The van der Waals surface area contributed by atoms with Crippen molar-refractivity contribution in [1.82, 2.24) is 20.1 Å². The van der Waals surface area contributed by atoms with Crippen molar-refractivity contribution in [2.24, 2.45) is 0 Å². The Kier molecular flexibility index (Phi) is 4.89. The lowest BCUT2D eigenvalue weighted by molar-refractivity contribution is -0.138. The van der Waals surface area contributed by atoms with Gasteiger partial charge in [-0.15, -0.1) is 0 Å². The van der Waals surface area contributed by atoms with Crippen molar-refractivity contribution < 1.29 is 14.7 Å². The lowest BCUT2D eigenvalue weighted by atomic mass is 10.3. The van der Waals surface area contributed by atoms with Crippen molar-refractivity contribution >= 4 is 12.0 Å². The Morgan fingerprint density at radius 2 is 1.85 bits per heavy atom. The average molecular weight is 278 g/mol. The maximum atomic E-state index is 12.0. The largest absolute Gasteiger partial charge is 0.480 e. The van der Waals surface area contributed by atoms with Gasteiger partial charge in [0.05, 0.1) is 6.54 Å². The molecule has 1 aromatic heterocycles. The number of amides is 2. The third-order valence-corrected chi connectivity index (χ3v) is 3.21. The highest BCUT2D eigenvalue weighted by Gasteiger charge is 2.21. The van der Waals surface area contributed by atoms with Crippen molar-refractivity contribution in [2.45, 2.75) is 6.54 Å². The maximum absolute atomic E-state index is 12.0. The van der Waals surface area contributed by atoms with Crippen LogP contribution in [0.4, 0.5) is 4.79 Å². The summed E-state index contributed by atoms with van der Waals surface area (Å²) < 4.78 is 0. The Hall–Kier alpha value is -2.15. The van der Waals surface area contributed by atoms with Gasteiger partial charge in [-0.2, -0.15) is 0 Å². The molecule has 0 radical (unpaired) electrons. The van der Waals surface area contributed by atoms with E-state index in [1.807, 2.05) is 17.0 Å². The molecule has 0 aromatic carbocycles. The molecule has 2 amide bonds. The summed E-state index contributed by atoms with van der Waals surface area (Å²) in [4.78, 5) is 30.0. The van der Waals surface area contributed by atoms with Crippen LogP contribution in [0.3, 0.4) is 0 Å². The Morgan fingerprint density at radius 1 is 1.20 bits per heavy atom. The van der Waals surface area contributed by atoms with E-state index in [0.29, 0.717) is 32.7 Å². The van der Waals surface area contributed by atoms with E-state index in [4.69, 9.17) is 5.11 Å². The molecule has 2 heterocycles. The molecule has 1 aromatic rings. The van der Waals surface area contributed by atoms with Gasteiger partial charge >= 0.3 is 12.0 Å². The van der Waals surface area contributed by atoms with Gasteiger partial charge in [0.25, 0.3) is 0 Å². The maximum Gasteiger partial charge on any atom is 0.317 e. The van der Waals surface area contributed by atoms with Crippen molar-refractivity contribution in [3.05, 3.63) is 30.1 Å². The monoisotopic (exact) mass is 278 g/mol. The van der Waals surface area contributed by atoms with E-state index in [-0.39, 0.29) is 12.6 Å². The number of nitrogens with one attached hydrogen (secondary N) is 1. The quantitative estimate of drug-likeness (QED) is 0.809. The number of rotatable bonds is 4. The second-order valence-electron chi connectivity index (χ2n) is 4.67. The average Bonchev–Trinajstić information content (AvgIpc) is 2.46. The number of pyridine rings is 1. The fourth-order valence-corrected chi connectivity index (χ4v) is 2.09. The molecule has 7 nitrogen and oxygen atoms in total. The first-order chi connectivity index (χ1) is 9.65. The van der Waals surface area contributed by atoms with Crippen LogP contribution in [0.15, 0.2) is 24.5 Å². The number of nitrogens with zero attached hydrogens (tertiary/aromatic N) is 3. The van der Waals surface area contributed by atoms with Crippen LogP contribution < -0.4 is 5.32 Å². The molecule has 0 unspecified atom stereocenters. The second kappa shape index (κ2) is 6.85. The van der Waals surface area contributed by atoms with E-state index in [1.54, 1.807) is 17.3 Å². The van der Waals surface area contributed by atoms with Gasteiger partial charge in [-0.05, 0) is 17.7 Å². The SMILES string of the molecule is O=C(O)CN1CCN(C(=O)NCc2ccncc2)CC1. The number of aromatic nitrogens is 1. The lowest BCUT2D eigenvalue weighted by Gasteiger charge is -2.33. The molecule has 0 aliphatic carbocycles. The number of hydrogen-bond acceptors (Lipinski definition) is 4. The van der Waals surface area contributed by atoms with Gasteiger partial charge in [-0.3, -0.25) is 14.7 Å². The summed E-state index contributed by atoms with van der Waals surface area (Å²) in [6.07, 6.45) is 3.37. The van der Waals surface area contributed by atoms with Crippen molar-refractivity contribution in [1.29, 1.82) is 0 Å². The first-order valence-corrected chi connectivity index (χ1v) is 6.51. The van der Waals surface area contributed by atoms with Gasteiger partial charge in [0.1, 0.15) is 0 Å². The molecule has 0 saturated carbocycles. The summed E-state index contributed by atoms with van der Waals surface area (Å²) in [5.41, 5.74) is 0.998. The van der Waals surface area contributed by atoms with Gasteiger partial charge in [0, 0.05) is 45.1 Å². The van der Waals surface area contributed by atoms with Crippen LogP contribution in [0.25, 0.3) is 0 Å². The number of carbonyl (C=O) groups is 2. The third kappa shape index (κ3) is 4.20. The minimum atomic E-state index is -0.833. The van der Waals surface area contributed by atoms with Crippen molar-refractivity contribution in [2.75, 3.05) is 32.7 Å². The number of piperazine rings is 1. The molecule has 1 fully saturated rings. The molecule has 1 saturated heterocycles. The van der Waals surface area contributed by atoms with E-state index in [1.165, 1.54) is 0 Å². The zero-order chi connectivity index (χ0) is 14.4. The predicted molar refractivity (Wildman–Crippen MR) is 72.1 cm³/mol. The summed E-state index contributed by atoms with van der Waals surface area (Å²) in [5, 5.41) is 11.6. The smallest absolute Gasteiger partial charge is 0.317 e. The van der Waals surface area contributed by atoms with Crippen LogP contribution in [0, 0.1) is 0 Å². The zero-order valence-corrected chi connectivity index (χ0v) is 11.2. The Morgan fingerprint density at radius 3 is 2.45 bits per heavy atom. The molecule has 2 rings (SSSR count). The highest BCUT2D eigenvalue weighted by atomic mass is 16.4. The number of hydrogen-bond donors (Lipinski definition) is 2. The standard InChI is InChI=1S/C13H18N4O3/c18-12(19)10-16-5-7-17(8-6-16)13(20)15-9-11-1-3-14-4-2-11/h1-4H,5-10H2,(H,15,20)(H,18,19). The Bertz CT molecular complexity index is 458. The van der Waals surface area contributed by atoms with Crippen LogP contribution in [-0.2, 0) is 11.3 Å². The molecule has 7 heteroatoms. The Labute approximate surface area is 117 Å². The number of aliphatic carboxylic acids is 1. The summed E-state index contributed by atoms with van der Waals surface area (Å²) in [6, 6.07) is 3.59. The van der Waals surface area contributed by atoms with Gasteiger partial charge in [0.2, 0.25) is 0 Å². The van der Waals surface area contributed by atoms with E-state index in [9.17, 15) is 9.59 Å². The predicted octanol–water partition coefficient (Wildman–Crippen LogP) is -0.00660. The van der Waals surface area contributed by atoms with Gasteiger partial charge < -0.3 is 15.3 Å². The number of urea groups is 1. The van der Waals surface area contributed by atoms with Crippen LogP contribution in [0.2, 0.25) is 0 Å². The first-order valence-electron chi connectivity index (χ1n) is 6.51. The summed E-state index contributed by atoms with van der Waals surface area (Å²) in [7, 11) is 0. The van der Waals surface area contributed by atoms with Gasteiger partial charge in [-0.25, -0.2) is 4.79 Å². The second-order valence-corrected chi connectivity index (χ2v) is 4.67. The van der Waals surface area contributed by atoms with Crippen molar-refractivity contribution in [3.63, 3.8) is 0 Å². The van der Waals surface area contributed by atoms with Crippen LogP contribution in [0.5, 0.6) is 0 Å². The van der Waals surface area contributed by atoms with Gasteiger partial charge in [-0.1, -0.05) is 0 Å². The zero-order valence-electron chi connectivity index (χ0n) is 11.2. The minimum Gasteiger partial charge on any atom is -0.480 e. The van der Waals surface area contributed by atoms with Crippen molar-refractivity contribution in [3.8, 4) is 0 Å². The van der Waals surface area contributed by atoms with Crippen LogP contribution >= 0.6 is 0 Å². The first kappa shape index (κ1) is 14.3. The van der Waals surface area contributed by atoms with Crippen LogP contribution in [-0.4, -0.2) is 64.6 Å². The number of carboxylic acid groups (broad SMARTS) is 1. The van der Waals surface area contributed by atoms with E-state index in [2.05, 4.69) is 10.3 Å². The molecular formula is C13H18N4O3. The topological polar surface area (TPSA) is 85.8 Å². The highest BCUT2D eigenvalue weighted by molar-refractivity contribution is 5.74. The summed E-state index contributed by atoms with van der Waals surface area (Å²) >= 11 is 0. The van der Waals surface area contributed by atoms with E-state index >= 15 is 0 Å². The highest BCUT2D eigenvalue weighted by Crippen LogP contribution is 2.02. The lowest BCUT2D eigenvalue weighted by Crippen LogP contribution is -2.52. The Balaban J connectivity index is 1.73. The molecule has 0 atom stereocenters. The molecule has 1 aliphatic heterocycles. The molecule has 108 valence electrons. The molecular weight excluding hydrogens is 260 g/mol. The summed E-state index contributed by atoms with van der Waals surface area (Å²) in [6.45, 7) is 2.79. The number of carboxylic acids is 1. The third-order valence-electron chi connectivity index (χ3n) is 3.21. The van der Waals surface area contributed by atoms with E-state index < -0.39 is 5.97 Å². The summed E-state index contributed by atoms with van der Waals surface area (Å²) in [5.74, 6) is -0.833. The molecule has 20 heavy (non-hydrogen) atoms. The molecule has 0 bridgehead atoms. The normalized spacial score (nSPS) is 15.9. The number of carbonyl (C=O) groups excluding carboxylic acids is 1. The molecule has 2 N–H and O–H groups in total. The fourth-order valence-electron chi connectivity index (χ4n) is 2.09. The van der Waals surface area contributed by atoms with Crippen LogP contribution in [0.1, 0.15) is 5.56 Å². The molecule has 0 spiro atoms. The fraction of sp³-hybridized carbons (Fsp3) is 0.462. The molecule has 1 aliphatic rings. The van der Waals surface area contributed by atoms with E-state index in [0.717, 1.165) is 5.56 Å². The minimum absolute atomic E-state index is 0.0342. The van der Waals surface area contributed by atoms with Gasteiger partial charge in [0.15, 0.2) is 0 Å².